The maximum Gasteiger partial charge on any atom is 0.266 e. The van der Waals surface area contributed by atoms with E-state index in [4.69, 9.17) is 17.3 Å². The number of nitrogens with zero attached hydrogens (tertiary/aromatic N) is 1. The molecule has 0 bridgehead atoms. The van der Waals surface area contributed by atoms with E-state index in [-0.39, 0.29) is 21.8 Å². The molecule has 0 spiro atoms. The topological polar surface area (TPSA) is 63.4 Å². The van der Waals surface area contributed by atoms with Crippen molar-refractivity contribution in [3.05, 3.63) is 58.4 Å². The van der Waals surface area contributed by atoms with Gasteiger partial charge in [-0.15, -0.1) is 0 Å². The van der Waals surface area contributed by atoms with Crippen LogP contribution in [0.25, 0.3) is 0 Å². The molecule has 1 heterocycles. The normalized spacial score (nSPS) is 13.8. The molecule has 0 atom stereocenters. The Morgan fingerprint density at radius 1 is 1.05 bits per heavy atom. The molecule has 1 aliphatic heterocycles. The molecular weight excluding hydrogens is 283 g/mol. The first-order valence-electron chi connectivity index (χ1n) is 5.73. The molecule has 0 saturated heterocycles. The van der Waals surface area contributed by atoms with Crippen molar-refractivity contribution < 1.29 is 14.0 Å². The summed E-state index contributed by atoms with van der Waals surface area (Å²) in [7, 11) is 0. The summed E-state index contributed by atoms with van der Waals surface area (Å²) >= 11 is 5.68. The smallest absolute Gasteiger partial charge is 0.266 e. The monoisotopic (exact) mass is 290 g/mol. The zero-order valence-electron chi connectivity index (χ0n) is 10.1. The van der Waals surface area contributed by atoms with E-state index in [0.29, 0.717) is 5.69 Å². The van der Waals surface area contributed by atoms with Gasteiger partial charge in [-0.2, -0.15) is 0 Å². The molecular formula is C14H8ClFN2O2. The molecule has 0 aliphatic carbocycles. The number of fused-ring (bicyclic) bond motifs is 1. The predicted molar refractivity (Wildman–Crippen MR) is 73.4 cm³/mol. The number of imide groups is 1. The van der Waals surface area contributed by atoms with E-state index in [9.17, 15) is 14.0 Å². The number of amides is 2. The van der Waals surface area contributed by atoms with E-state index in [1.54, 1.807) is 0 Å². The zero-order chi connectivity index (χ0) is 14.4. The number of carbonyl (C=O) groups excluding carboxylic acids is 2. The van der Waals surface area contributed by atoms with E-state index in [1.165, 1.54) is 36.4 Å². The molecule has 0 saturated carbocycles. The number of nitrogens with two attached hydrogens (primary N) is 1. The Kier molecular flexibility index (Phi) is 2.72. The van der Waals surface area contributed by atoms with Gasteiger partial charge in [0.25, 0.3) is 11.8 Å². The third-order valence-corrected chi connectivity index (χ3v) is 3.37. The fraction of sp³-hybridized carbons (Fsp3) is 0. The lowest BCUT2D eigenvalue weighted by molar-refractivity contribution is 0.0925. The van der Waals surface area contributed by atoms with Crippen LogP contribution in [-0.4, -0.2) is 11.8 Å². The molecule has 2 aromatic rings. The van der Waals surface area contributed by atoms with Crippen LogP contribution in [-0.2, 0) is 0 Å². The van der Waals surface area contributed by atoms with Crippen molar-refractivity contribution in [2.24, 2.45) is 0 Å². The highest BCUT2D eigenvalue weighted by Gasteiger charge is 2.38. The number of anilines is 2. The summed E-state index contributed by atoms with van der Waals surface area (Å²) in [5.41, 5.74) is 6.15. The Labute approximate surface area is 118 Å². The second kappa shape index (κ2) is 4.31. The number of hydrogen-bond donors (Lipinski definition) is 1. The Balaban J connectivity index is 2.17. The van der Waals surface area contributed by atoms with Gasteiger partial charge in [0.15, 0.2) is 5.82 Å². The summed E-state index contributed by atoms with van der Waals surface area (Å²) in [5, 5.41) is -0.154. The molecule has 0 fully saturated rings. The first-order valence-corrected chi connectivity index (χ1v) is 6.11. The first kappa shape index (κ1) is 12.6. The summed E-state index contributed by atoms with van der Waals surface area (Å²) in [6.45, 7) is 0. The molecule has 20 heavy (non-hydrogen) atoms. The second-order valence-electron chi connectivity index (χ2n) is 4.32. The largest absolute Gasteiger partial charge is 0.399 e. The van der Waals surface area contributed by atoms with Gasteiger partial charge in [0.2, 0.25) is 0 Å². The van der Waals surface area contributed by atoms with Crippen LogP contribution in [0.4, 0.5) is 15.8 Å². The lowest BCUT2D eigenvalue weighted by atomic mass is 10.1. The molecule has 1 aliphatic rings. The van der Waals surface area contributed by atoms with E-state index < -0.39 is 17.6 Å². The Bertz CT molecular complexity index is 761. The molecule has 0 radical (unpaired) electrons. The van der Waals surface area contributed by atoms with Crippen LogP contribution in [0.5, 0.6) is 0 Å². The van der Waals surface area contributed by atoms with Crippen molar-refractivity contribution in [1.82, 2.24) is 0 Å². The van der Waals surface area contributed by atoms with Crippen molar-refractivity contribution in [3.8, 4) is 0 Å². The summed E-state index contributed by atoms with van der Waals surface area (Å²) < 4.78 is 14.0. The first-order chi connectivity index (χ1) is 9.50. The maximum atomic E-state index is 14.0. The van der Waals surface area contributed by atoms with Crippen LogP contribution in [0.3, 0.4) is 0 Å². The Morgan fingerprint density at radius 2 is 1.75 bits per heavy atom. The van der Waals surface area contributed by atoms with Crippen LogP contribution in [0.1, 0.15) is 20.7 Å². The average molecular weight is 291 g/mol. The quantitative estimate of drug-likeness (QED) is 0.649. The molecule has 0 unspecified atom stereocenters. The highest BCUT2D eigenvalue weighted by Crippen LogP contribution is 2.33. The highest BCUT2D eigenvalue weighted by atomic mass is 35.5. The van der Waals surface area contributed by atoms with Crippen LogP contribution in [0, 0.1) is 5.82 Å². The minimum absolute atomic E-state index is 0.154. The fourth-order valence-electron chi connectivity index (χ4n) is 2.14. The highest BCUT2D eigenvalue weighted by molar-refractivity contribution is 6.35. The number of benzene rings is 2. The van der Waals surface area contributed by atoms with Crippen LogP contribution >= 0.6 is 11.6 Å². The molecule has 6 heteroatoms. The third kappa shape index (κ3) is 1.67. The molecule has 2 aromatic carbocycles. The average Bonchev–Trinajstić information content (AvgIpc) is 2.65. The van der Waals surface area contributed by atoms with Crippen molar-refractivity contribution in [2.75, 3.05) is 10.6 Å². The second-order valence-corrected chi connectivity index (χ2v) is 4.73. The van der Waals surface area contributed by atoms with Gasteiger partial charge < -0.3 is 5.73 Å². The number of carbonyl (C=O) groups is 2. The van der Waals surface area contributed by atoms with Crippen LogP contribution < -0.4 is 10.6 Å². The van der Waals surface area contributed by atoms with Gasteiger partial charge in [0.1, 0.15) is 0 Å². The van der Waals surface area contributed by atoms with Crippen LogP contribution in [0.2, 0.25) is 5.02 Å². The fourth-order valence-corrected chi connectivity index (χ4v) is 2.31. The maximum absolute atomic E-state index is 14.0. The predicted octanol–water partition coefficient (Wildman–Crippen LogP) is 2.86. The molecule has 4 nitrogen and oxygen atoms in total. The van der Waals surface area contributed by atoms with E-state index in [2.05, 4.69) is 0 Å². The standard InChI is InChI=1S/C14H8ClFN2O2/c15-10-2-1-3-11(12(10)16)18-13(19)8-5-4-7(17)6-9(8)14(18)20/h1-6H,17H2. The number of hydrogen-bond acceptors (Lipinski definition) is 3. The Morgan fingerprint density at radius 3 is 2.50 bits per heavy atom. The molecule has 2 N–H and O–H groups in total. The van der Waals surface area contributed by atoms with Crippen molar-refractivity contribution in [3.63, 3.8) is 0 Å². The van der Waals surface area contributed by atoms with Crippen LogP contribution in [0.15, 0.2) is 36.4 Å². The minimum Gasteiger partial charge on any atom is -0.399 e. The van der Waals surface area contributed by atoms with Gasteiger partial charge in [-0.25, -0.2) is 9.29 Å². The van der Waals surface area contributed by atoms with Crippen molar-refractivity contribution >= 4 is 34.8 Å². The SMILES string of the molecule is Nc1ccc2c(c1)C(=O)N(c1cccc(Cl)c1F)C2=O. The van der Waals surface area contributed by atoms with Gasteiger partial charge in [-0.3, -0.25) is 9.59 Å². The number of rotatable bonds is 1. The number of halogens is 2. The lowest BCUT2D eigenvalue weighted by Crippen LogP contribution is -2.30. The summed E-state index contributed by atoms with van der Waals surface area (Å²) in [5.74, 6) is -2.01. The summed E-state index contributed by atoms with van der Waals surface area (Å²) in [6.07, 6.45) is 0. The van der Waals surface area contributed by atoms with Gasteiger partial charge in [-0.05, 0) is 30.3 Å². The molecule has 100 valence electrons. The summed E-state index contributed by atoms with van der Waals surface area (Å²) in [6, 6.07) is 8.51. The van der Waals surface area contributed by atoms with Gasteiger partial charge in [0, 0.05) is 5.69 Å². The van der Waals surface area contributed by atoms with Gasteiger partial charge in [-0.1, -0.05) is 17.7 Å². The zero-order valence-corrected chi connectivity index (χ0v) is 10.8. The van der Waals surface area contributed by atoms with Crippen molar-refractivity contribution in [2.45, 2.75) is 0 Å². The van der Waals surface area contributed by atoms with Gasteiger partial charge >= 0.3 is 0 Å². The van der Waals surface area contributed by atoms with E-state index in [1.807, 2.05) is 0 Å². The molecule has 3 rings (SSSR count). The number of nitrogen functional groups attached to an aromatic ring is 1. The Hall–Kier alpha value is -2.40. The van der Waals surface area contributed by atoms with Gasteiger partial charge in [0.05, 0.1) is 21.8 Å². The van der Waals surface area contributed by atoms with E-state index >= 15 is 0 Å². The van der Waals surface area contributed by atoms with E-state index in [0.717, 1.165) is 4.90 Å². The molecule has 0 aromatic heterocycles. The third-order valence-electron chi connectivity index (χ3n) is 3.08. The molecule has 2 amide bonds. The summed E-state index contributed by atoms with van der Waals surface area (Å²) in [4.78, 5) is 25.3. The lowest BCUT2D eigenvalue weighted by Gasteiger charge is -2.15. The van der Waals surface area contributed by atoms with Crippen molar-refractivity contribution in [1.29, 1.82) is 0 Å². The minimum atomic E-state index is -0.809.